The van der Waals surface area contributed by atoms with E-state index in [2.05, 4.69) is 24.1 Å². The Kier molecular flexibility index (Phi) is 5.09. The molecule has 0 aromatic rings. The predicted octanol–water partition coefficient (Wildman–Crippen LogP) is 1.78. The summed E-state index contributed by atoms with van der Waals surface area (Å²) >= 11 is 0. The number of amides is 1. The smallest absolute Gasteiger partial charge is 0.239 e. The van der Waals surface area contributed by atoms with Crippen molar-refractivity contribution in [1.82, 2.24) is 10.2 Å². The fourth-order valence-corrected chi connectivity index (χ4v) is 2.26. The molecule has 3 heteroatoms. The molecule has 3 nitrogen and oxygen atoms in total. The van der Waals surface area contributed by atoms with Crippen molar-refractivity contribution in [1.29, 1.82) is 0 Å². The van der Waals surface area contributed by atoms with E-state index in [1.807, 2.05) is 7.05 Å². The number of nitrogens with one attached hydrogen (secondary N) is 1. The zero-order chi connectivity index (χ0) is 11.3. The summed E-state index contributed by atoms with van der Waals surface area (Å²) in [6.45, 7) is 5.31. The van der Waals surface area contributed by atoms with Crippen molar-refractivity contribution in [2.75, 3.05) is 13.6 Å². The standard InChI is InChI=1S/C12H24N2O/c1-4-5-7-10(2)14-9-6-8-11(13-3)12(14)15/h10-11,13H,4-9H2,1-3H3. The highest BCUT2D eigenvalue weighted by Crippen LogP contribution is 2.17. The van der Waals surface area contributed by atoms with Crippen LogP contribution >= 0.6 is 0 Å². The molecule has 1 fully saturated rings. The van der Waals surface area contributed by atoms with E-state index >= 15 is 0 Å². The summed E-state index contributed by atoms with van der Waals surface area (Å²) in [5, 5.41) is 3.10. The summed E-state index contributed by atoms with van der Waals surface area (Å²) in [5.41, 5.74) is 0. The minimum Gasteiger partial charge on any atom is -0.339 e. The van der Waals surface area contributed by atoms with Crippen LogP contribution in [0.5, 0.6) is 0 Å². The topological polar surface area (TPSA) is 32.3 Å². The van der Waals surface area contributed by atoms with Gasteiger partial charge in [-0.1, -0.05) is 19.8 Å². The van der Waals surface area contributed by atoms with Gasteiger partial charge in [0.05, 0.1) is 6.04 Å². The number of nitrogens with zero attached hydrogens (tertiary/aromatic N) is 1. The molecule has 0 saturated carbocycles. The molecule has 2 atom stereocenters. The minimum atomic E-state index is 0.0582. The van der Waals surface area contributed by atoms with Crippen LogP contribution in [0.1, 0.15) is 46.0 Å². The van der Waals surface area contributed by atoms with Gasteiger partial charge in [-0.25, -0.2) is 0 Å². The van der Waals surface area contributed by atoms with Crippen LogP contribution in [0.2, 0.25) is 0 Å². The van der Waals surface area contributed by atoms with Crippen LogP contribution in [0, 0.1) is 0 Å². The van der Waals surface area contributed by atoms with Crippen molar-refractivity contribution in [3.05, 3.63) is 0 Å². The maximum Gasteiger partial charge on any atom is 0.239 e. The monoisotopic (exact) mass is 212 g/mol. The van der Waals surface area contributed by atoms with Crippen molar-refractivity contribution in [2.45, 2.75) is 58.0 Å². The largest absolute Gasteiger partial charge is 0.339 e. The highest BCUT2D eigenvalue weighted by molar-refractivity contribution is 5.82. The highest BCUT2D eigenvalue weighted by atomic mass is 16.2. The Labute approximate surface area is 93.2 Å². The predicted molar refractivity (Wildman–Crippen MR) is 62.8 cm³/mol. The van der Waals surface area contributed by atoms with Gasteiger partial charge in [0, 0.05) is 12.6 Å². The van der Waals surface area contributed by atoms with Crippen LogP contribution in [0.3, 0.4) is 0 Å². The fraction of sp³-hybridized carbons (Fsp3) is 0.917. The van der Waals surface area contributed by atoms with Gasteiger partial charge in [-0.15, -0.1) is 0 Å². The normalized spacial score (nSPS) is 24.3. The zero-order valence-corrected chi connectivity index (χ0v) is 10.3. The molecule has 0 radical (unpaired) electrons. The Balaban J connectivity index is 2.48. The molecule has 1 rings (SSSR count). The second kappa shape index (κ2) is 6.11. The first-order chi connectivity index (χ1) is 7.20. The maximum absolute atomic E-state index is 12.0. The van der Waals surface area contributed by atoms with E-state index < -0.39 is 0 Å². The minimum absolute atomic E-state index is 0.0582. The van der Waals surface area contributed by atoms with Crippen molar-refractivity contribution >= 4 is 5.91 Å². The Morgan fingerprint density at radius 3 is 2.93 bits per heavy atom. The lowest BCUT2D eigenvalue weighted by Gasteiger charge is -2.36. The van der Waals surface area contributed by atoms with Gasteiger partial charge >= 0.3 is 0 Å². The summed E-state index contributed by atoms with van der Waals surface area (Å²) in [6, 6.07) is 0.469. The van der Waals surface area contributed by atoms with Crippen molar-refractivity contribution in [3.8, 4) is 0 Å². The second-order valence-corrected chi connectivity index (χ2v) is 4.51. The molecular weight excluding hydrogens is 188 g/mol. The summed E-state index contributed by atoms with van der Waals surface area (Å²) in [7, 11) is 1.88. The van der Waals surface area contributed by atoms with Gasteiger partial charge in [0.25, 0.3) is 0 Å². The van der Waals surface area contributed by atoms with Crippen LogP contribution in [0.25, 0.3) is 0 Å². The van der Waals surface area contributed by atoms with E-state index in [1.54, 1.807) is 0 Å². The van der Waals surface area contributed by atoms with Crippen LogP contribution in [0.4, 0.5) is 0 Å². The summed E-state index contributed by atoms with van der Waals surface area (Å²) in [4.78, 5) is 14.1. The number of carbonyl (C=O) groups excluding carboxylic acids is 1. The molecule has 0 aromatic heterocycles. The number of likely N-dealkylation sites (tertiary alicyclic amines) is 1. The van der Waals surface area contributed by atoms with E-state index in [4.69, 9.17) is 0 Å². The SMILES string of the molecule is CCCCC(C)N1CCCC(NC)C1=O. The molecule has 0 aromatic carbocycles. The molecule has 15 heavy (non-hydrogen) atoms. The Morgan fingerprint density at radius 1 is 1.60 bits per heavy atom. The van der Waals surface area contributed by atoms with Crippen molar-refractivity contribution in [3.63, 3.8) is 0 Å². The van der Waals surface area contributed by atoms with Crippen LogP contribution < -0.4 is 5.32 Å². The summed E-state index contributed by atoms with van der Waals surface area (Å²) in [5.74, 6) is 0.298. The summed E-state index contributed by atoms with van der Waals surface area (Å²) < 4.78 is 0. The fourth-order valence-electron chi connectivity index (χ4n) is 2.26. The third-order valence-electron chi connectivity index (χ3n) is 3.33. The first-order valence-corrected chi connectivity index (χ1v) is 6.18. The molecule has 0 spiro atoms. The summed E-state index contributed by atoms with van der Waals surface area (Å²) in [6.07, 6.45) is 5.69. The molecule has 1 N–H and O–H groups in total. The molecular formula is C12H24N2O. The van der Waals surface area contributed by atoms with E-state index in [-0.39, 0.29) is 6.04 Å². The highest BCUT2D eigenvalue weighted by Gasteiger charge is 2.29. The van der Waals surface area contributed by atoms with Crippen LogP contribution in [0.15, 0.2) is 0 Å². The first-order valence-electron chi connectivity index (χ1n) is 6.18. The first kappa shape index (κ1) is 12.5. The Bertz CT molecular complexity index is 206. The molecule has 1 aliphatic heterocycles. The number of likely N-dealkylation sites (N-methyl/N-ethyl adjacent to an activating group) is 1. The third-order valence-corrected chi connectivity index (χ3v) is 3.33. The van der Waals surface area contributed by atoms with Gasteiger partial charge in [0.1, 0.15) is 0 Å². The van der Waals surface area contributed by atoms with E-state index in [9.17, 15) is 4.79 Å². The molecule has 1 amide bonds. The zero-order valence-electron chi connectivity index (χ0n) is 10.3. The van der Waals surface area contributed by atoms with E-state index in [0.717, 1.165) is 25.8 Å². The van der Waals surface area contributed by atoms with Crippen molar-refractivity contribution in [2.24, 2.45) is 0 Å². The van der Waals surface area contributed by atoms with E-state index in [1.165, 1.54) is 12.8 Å². The van der Waals surface area contributed by atoms with Crippen LogP contribution in [-0.2, 0) is 4.79 Å². The quantitative estimate of drug-likeness (QED) is 0.753. The molecule has 88 valence electrons. The van der Waals surface area contributed by atoms with Gasteiger partial charge in [-0.3, -0.25) is 4.79 Å². The van der Waals surface area contributed by atoms with Gasteiger partial charge in [0.2, 0.25) is 5.91 Å². The molecule has 2 unspecified atom stereocenters. The lowest BCUT2D eigenvalue weighted by atomic mass is 10.0. The molecule has 0 aliphatic carbocycles. The van der Waals surface area contributed by atoms with E-state index in [0.29, 0.717) is 11.9 Å². The third kappa shape index (κ3) is 3.20. The van der Waals surface area contributed by atoms with Gasteiger partial charge in [-0.05, 0) is 33.2 Å². The maximum atomic E-state index is 12.0. The lowest BCUT2D eigenvalue weighted by molar-refractivity contribution is -0.138. The molecule has 1 heterocycles. The molecule has 0 bridgehead atoms. The number of piperidine rings is 1. The van der Waals surface area contributed by atoms with Gasteiger partial charge in [0.15, 0.2) is 0 Å². The molecule has 1 aliphatic rings. The average Bonchev–Trinajstić information content (AvgIpc) is 2.26. The lowest BCUT2D eigenvalue weighted by Crippen LogP contribution is -2.52. The second-order valence-electron chi connectivity index (χ2n) is 4.51. The van der Waals surface area contributed by atoms with Gasteiger partial charge < -0.3 is 10.2 Å². The number of hydrogen-bond acceptors (Lipinski definition) is 2. The number of carbonyl (C=O) groups is 1. The number of hydrogen-bond donors (Lipinski definition) is 1. The number of rotatable bonds is 5. The van der Waals surface area contributed by atoms with Crippen LogP contribution in [-0.4, -0.2) is 36.5 Å². The Morgan fingerprint density at radius 2 is 2.33 bits per heavy atom. The van der Waals surface area contributed by atoms with Gasteiger partial charge in [-0.2, -0.15) is 0 Å². The molecule has 1 saturated heterocycles. The Hall–Kier alpha value is -0.570. The average molecular weight is 212 g/mol. The number of unbranched alkanes of at least 4 members (excludes halogenated alkanes) is 1. The van der Waals surface area contributed by atoms with Crippen molar-refractivity contribution < 1.29 is 4.79 Å².